The summed E-state index contributed by atoms with van der Waals surface area (Å²) in [7, 11) is -3.47. The van der Waals surface area contributed by atoms with Gasteiger partial charge in [-0.25, -0.2) is 13.1 Å². The maximum atomic E-state index is 12.3. The van der Waals surface area contributed by atoms with E-state index in [-0.39, 0.29) is 12.6 Å². The fraction of sp³-hybridized carbons (Fsp3) is 0.571. The number of aryl methyl sites for hydroxylation is 1. The van der Waals surface area contributed by atoms with E-state index in [0.29, 0.717) is 10.8 Å². The molecule has 4 nitrogen and oxygen atoms in total. The lowest BCUT2D eigenvalue weighted by atomic mass is 9.87. The third-order valence-electron chi connectivity index (χ3n) is 3.88. The van der Waals surface area contributed by atoms with Crippen molar-refractivity contribution >= 4 is 26.0 Å². The minimum Gasteiger partial charge on any atom is -0.396 e. The third kappa shape index (κ3) is 3.81. The van der Waals surface area contributed by atoms with Crippen molar-refractivity contribution in [1.82, 2.24) is 4.72 Å². The molecule has 0 spiro atoms. The predicted octanol–water partition coefficient (Wildman–Crippen LogP) is 2.59. The molecule has 1 aromatic rings. The molecular formula is C14H20BrNO3S. The molecule has 0 radical (unpaired) electrons. The van der Waals surface area contributed by atoms with E-state index >= 15 is 0 Å². The van der Waals surface area contributed by atoms with Gasteiger partial charge >= 0.3 is 0 Å². The van der Waals surface area contributed by atoms with Crippen LogP contribution in [-0.2, 0) is 10.0 Å². The van der Waals surface area contributed by atoms with Gasteiger partial charge in [0, 0.05) is 17.1 Å². The van der Waals surface area contributed by atoms with Gasteiger partial charge in [-0.3, -0.25) is 0 Å². The molecule has 0 bridgehead atoms. The van der Waals surface area contributed by atoms with Crippen molar-refractivity contribution in [2.75, 3.05) is 6.61 Å². The van der Waals surface area contributed by atoms with Crippen molar-refractivity contribution in [1.29, 1.82) is 0 Å². The molecule has 112 valence electrons. The van der Waals surface area contributed by atoms with Crippen LogP contribution < -0.4 is 4.72 Å². The van der Waals surface area contributed by atoms with Crippen molar-refractivity contribution in [3.05, 3.63) is 28.2 Å². The zero-order valence-electron chi connectivity index (χ0n) is 11.5. The van der Waals surface area contributed by atoms with Gasteiger partial charge in [0.1, 0.15) is 0 Å². The molecule has 1 aliphatic carbocycles. The number of hydrogen-bond acceptors (Lipinski definition) is 3. The number of nitrogens with one attached hydrogen (secondary N) is 1. The highest BCUT2D eigenvalue weighted by atomic mass is 79.9. The number of sulfonamides is 1. The van der Waals surface area contributed by atoms with E-state index in [1.165, 1.54) is 0 Å². The quantitative estimate of drug-likeness (QED) is 0.865. The summed E-state index contributed by atoms with van der Waals surface area (Å²) in [5.74, 6) is 0.323. The van der Waals surface area contributed by atoms with Crippen molar-refractivity contribution < 1.29 is 13.5 Å². The van der Waals surface area contributed by atoms with Gasteiger partial charge in [-0.2, -0.15) is 0 Å². The molecule has 1 aliphatic rings. The van der Waals surface area contributed by atoms with Crippen LogP contribution in [0.2, 0.25) is 0 Å². The Morgan fingerprint density at radius 3 is 2.50 bits per heavy atom. The summed E-state index contributed by atoms with van der Waals surface area (Å²) in [4.78, 5) is 0.291. The lowest BCUT2D eigenvalue weighted by Gasteiger charge is -2.27. The first-order valence-corrected chi connectivity index (χ1v) is 9.09. The second kappa shape index (κ2) is 6.56. The SMILES string of the molecule is Cc1ccc(S(=O)(=O)NC2CCC(CO)CC2)cc1Br. The number of rotatable bonds is 4. The molecule has 0 saturated heterocycles. The Morgan fingerprint density at radius 1 is 1.30 bits per heavy atom. The fourth-order valence-electron chi connectivity index (χ4n) is 2.49. The summed E-state index contributed by atoms with van der Waals surface area (Å²) in [6, 6.07) is 5.03. The largest absolute Gasteiger partial charge is 0.396 e. The molecule has 0 amide bonds. The minimum atomic E-state index is -3.47. The number of benzene rings is 1. The highest BCUT2D eigenvalue weighted by Gasteiger charge is 2.25. The maximum absolute atomic E-state index is 12.3. The lowest BCUT2D eigenvalue weighted by molar-refractivity contribution is 0.180. The van der Waals surface area contributed by atoms with Crippen LogP contribution in [0.15, 0.2) is 27.6 Å². The summed E-state index contributed by atoms with van der Waals surface area (Å²) in [6.45, 7) is 2.12. The third-order valence-corrected chi connectivity index (χ3v) is 6.25. The van der Waals surface area contributed by atoms with Crippen LogP contribution in [0.25, 0.3) is 0 Å². The molecule has 1 fully saturated rings. The summed E-state index contributed by atoms with van der Waals surface area (Å²) in [5.41, 5.74) is 1.01. The molecule has 2 N–H and O–H groups in total. The van der Waals surface area contributed by atoms with Gasteiger partial charge in [-0.15, -0.1) is 0 Å². The van der Waals surface area contributed by atoms with Crippen LogP contribution >= 0.6 is 15.9 Å². The van der Waals surface area contributed by atoms with Crippen molar-refractivity contribution in [3.63, 3.8) is 0 Å². The number of hydrogen-bond donors (Lipinski definition) is 2. The molecule has 0 atom stereocenters. The van der Waals surface area contributed by atoms with Gasteiger partial charge in [-0.05, 0) is 56.2 Å². The van der Waals surface area contributed by atoms with Crippen LogP contribution in [-0.4, -0.2) is 26.2 Å². The van der Waals surface area contributed by atoms with Crippen LogP contribution in [0.3, 0.4) is 0 Å². The van der Waals surface area contributed by atoms with Gasteiger partial charge in [-0.1, -0.05) is 22.0 Å². The Kier molecular flexibility index (Phi) is 5.23. The maximum Gasteiger partial charge on any atom is 0.240 e. The second-order valence-electron chi connectivity index (χ2n) is 5.43. The highest BCUT2D eigenvalue weighted by molar-refractivity contribution is 9.10. The predicted molar refractivity (Wildman–Crippen MR) is 82.0 cm³/mol. The Balaban J connectivity index is 2.06. The average molecular weight is 362 g/mol. The topological polar surface area (TPSA) is 66.4 Å². The van der Waals surface area contributed by atoms with E-state index in [1.54, 1.807) is 18.2 Å². The molecule has 0 aromatic heterocycles. The van der Waals surface area contributed by atoms with Gasteiger partial charge in [0.2, 0.25) is 10.0 Å². The Labute approximate surface area is 128 Å². The summed E-state index contributed by atoms with van der Waals surface area (Å²) >= 11 is 3.36. The van der Waals surface area contributed by atoms with Gasteiger partial charge in [0.25, 0.3) is 0 Å². The number of aliphatic hydroxyl groups excluding tert-OH is 1. The van der Waals surface area contributed by atoms with E-state index in [0.717, 1.165) is 35.7 Å². The van der Waals surface area contributed by atoms with Gasteiger partial charge in [0.15, 0.2) is 0 Å². The highest BCUT2D eigenvalue weighted by Crippen LogP contribution is 2.26. The minimum absolute atomic E-state index is 0.0251. The molecule has 0 aliphatic heterocycles. The first-order chi connectivity index (χ1) is 9.42. The molecule has 0 unspecified atom stereocenters. The molecule has 6 heteroatoms. The zero-order valence-corrected chi connectivity index (χ0v) is 13.9. The number of aliphatic hydroxyl groups is 1. The van der Waals surface area contributed by atoms with E-state index in [4.69, 9.17) is 5.11 Å². The standard InChI is InChI=1S/C14H20BrNO3S/c1-10-2-7-13(8-14(10)15)20(18,19)16-12-5-3-11(9-17)4-6-12/h2,7-8,11-12,16-17H,3-6,9H2,1H3. The lowest BCUT2D eigenvalue weighted by Crippen LogP contribution is -2.38. The van der Waals surface area contributed by atoms with Crippen LogP contribution in [0.1, 0.15) is 31.2 Å². The van der Waals surface area contributed by atoms with E-state index < -0.39 is 10.0 Å². The van der Waals surface area contributed by atoms with E-state index in [1.807, 2.05) is 6.92 Å². The van der Waals surface area contributed by atoms with Gasteiger partial charge < -0.3 is 5.11 Å². The number of halogens is 1. The Morgan fingerprint density at radius 2 is 1.95 bits per heavy atom. The first-order valence-electron chi connectivity index (χ1n) is 6.81. The molecule has 1 saturated carbocycles. The Hall–Kier alpha value is -0.430. The van der Waals surface area contributed by atoms with Crippen molar-refractivity contribution in [2.24, 2.45) is 5.92 Å². The van der Waals surface area contributed by atoms with Crippen molar-refractivity contribution in [3.8, 4) is 0 Å². The van der Waals surface area contributed by atoms with Crippen LogP contribution in [0, 0.1) is 12.8 Å². The first kappa shape index (κ1) is 15.9. The summed E-state index contributed by atoms with van der Waals surface area (Å²) < 4.78 is 28.2. The zero-order chi connectivity index (χ0) is 14.8. The van der Waals surface area contributed by atoms with Crippen LogP contribution in [0.4, 0.5) is 0 Å². The smallest absolute Gasteiger partial charge is 0.240 e. The van der Waals surface area contributed by atoms with E-state index in [9.17, 15) is 8.42 Å². The molecular weight excluding hydrogens is 342 g/mol. The molecule has 20 heavy (non-hydrogen) atoms. The molecule has 0 heterocycles. The average Bonchev–Trinajstić information content (AvgIpc) is 2.42. The monoisotopic (exact) mass is 361 g/mol. The summed E-state index contributed by atoms with van der Waals surface area (Å²) in [6.07, 6.45) is 3.33. The van der Waals surface area contributed by atoms with Gasteiger partial charge in [0.05, 0.1) is 4.90 Å². The molecule has 2 rings (SSSR count). The van der Waals surface area contributed by atoms with E-state index in [2.05, 4.69) is 20.7 Å². The summed E-state index contributed by atoms with van der Waals surface area (Å²) in [5, 5.41) is 9.10. The van der Waals surface area contributed by atoms with Crippen molar-refractivity contribution in [2.45, 2.75) is 43.5 Å². The molecule has 1 aromatic carbocycles. The fourth-order valence-corrected chi connectivity index (χ4v) is 4.35. The second-order valence-corrected chi connectivity index (χ2v) is 8.00. The normalized spacial score (nSPS) is 23.8. The van der Waals surface area contributed by atoms with Crippen LogP contribution in [0.5, 0.6) is 0 Å². The Bertz CT molecular complexity index is 566.